The molecule has 1 aliphatic heterocycles. The van der Waals surface area contributed by atoms with E-state index in [1.807, 2.05) is 26.8 Å². The minimum Gasteiger partial charge on any atom is -0.336 e. The van der Waals surface area contributed by atoms with E-state index in [2.05, 4.69) is 4.90 Å². The predicted molar refractivity (Wildman–Crippen MR) is 106 cm³/mol. The van der Waals surface area contributed by atoms with E-state index in [0.29, 0.717) is 25.4 Å². The summed E-state index contributed by atoms with van der Waals surface area (Å²) >= 11 is 0. The highest BCUT2D eigenvalue weighted by atomic mass is 19.1. The lowest BCUT2D eigenvalue weighted by molar-refractivity contribution is -0.145. The van der Waals surface area contributed by atoms with Gasteiger partial charge < -0.3 is 9.80 Å². The average Bonchev–Trinajstić information content (AvgIpc) is 2.64. The van der Waals surface area contributed by atoms with Crippen LogP contribution < -0.4 is 0 Å². The van der Waals surface area contributed by atoms with E-state index in [9.17, 15) is 14.0 Å². The van der Waals surface area contributed by atoms with Gasteiger partial charge in [0.05, 0.1) is 0 Å². The summed E-state index contributed by atoms with van der Waals surface area (Å²) < 4.78 is 13.3. The van der Waals surface area contributed by atoms with Crippen LogP contribution in [-0.2, 0) is 16.0 Å². The molecule has 27 heavy (non-hydrogen) atoms. The minimum atomic E-state index is -0.330. The fourth-order valence-electron chi connectivity index (χ4n) is 3.78. The molecule has 0 aromatic heterocycles. The number of carbonyl (C=O) groups is 2. The molecule has 1 heterocycles. The van der Waals surface area contributed by atoms with Crippen molar-refractivity contribution in [3.63, 3.8) is 0 Å². The summed E-state index contributed by atoms with van der Waals surface area (Å²) in [6.07, 6.45) is 3.33. The Hall–Kier alpha value is -1.75. The summed E-state index contributed by atoms with van der Waals surface area (Å²) in [6, 6.07) is 6.78. The number of Topliss-reactive ketones (excluding diaryl/α,β-unsaturated/α-hetero) is 1. The molecule has 1 saturated heterocycles. The van der Waals surface area contributed by atoms with Crippen LogP contribution in [0.25, 0.3) is 0 Å². The van der Waals surface area contributed by atoms with Crippen molar-refractivity contribution in [3.05, 3.63) is 35.6 Å². The second-order valence-electron chi connectivity index (χ2n) is 8.05. The number of hydrogen-bond acceptors (Lipinski definition) is 3. The SMILES string of the molecule is CCN(CC1CCCN(CCc2cccc(F)c2)C1)C(=O)C(=O)CC(C)C. The summed E-state index contributed by atoms with van der Waals surface area (Å²) in [5, 5.41) is 0. The molecule has 1 atom stereocenters. The van der Waals surface area contributed by atoms with Crippen LogP contribution >= 0.6 is 0 Å². The highest BCUT2D eigenvalue weighted by molar-refractivity contribution is 6.36. The van der Waals surface area contributed by atoms with Crippen molar-refractivity contribution in [2.45, 2.75) is 46.5 Å². The van der Waals surface area contributed by atoms with Crippen molar-refractivity contribution in [3.8, 4) is 0 Å². The molecule has 1 unspecified atom stereocenters. The molecule has 0 N–H and O–H groups in total. The van der Waals surface area contributed by atoms with Gasteiger partial charge in [-0.2, -0.15) is 0 Å². The molecule has 150 valence electrons. The summed E-state index contributed by atoms with van der Waals surface area (Å²) in [5.41, 5.74) is 1.02. The van der Waals surface area contributed by atoms with Gasteiger partial charge in [-0.3, -0.25) is 9.59 Å². The van der Waals surface area contributed by atoms with Crippen molar-refractivity contribution < 1.29 is 14.0 Å². The maximum atomic E-state index is 13.3. The molecule has 0 saturated carbocycles. The second-order valence-corrected chi connectivity index (χ2v) is 8.05. The lowest BCUT2D eigenvalue weighted by atomic mass is 9.96. The van der Waals surface area contributed by atoms with Gasteiger partial charge in [-0.25, -0.2) is 4.39 Å². The molecule has 4 nitrogen and oxygen atoms in total. The Bertz CT molecular complexity index is 632. The topological polar surface area (TPSA) is 40.6 Å². The smallest absolute Gasteiger partial charge is 0.289 e. The van der Waals surface area contributed by atoms with Gasteiger partial charge >= 0.3 is 0 Å². The molecule has 1 aliphatic rings. The van der Waals surface area contributed by atoms with Crippen molar-refractivity contribution in [1.29, 1.82) is 0 Å². The maximum Gasteiger partial charge on any atom is 0.289 e. The normalized spacial score (nSPS) is 17.9. The van der Waals surface area contributed by atoms with Gasteiger partial charge in [0.2, 0.25) is 5.78 Å². The van der Waals surface area contributed by atoms with Gasteiger partial charge in [-0.15, -0.1) is 0 Å². The molecule has 0 bridgehead atoms. The van der Waals surface area contributed by atoms with Gasteiger partial charge in [-0.1, -0.05) is 26.0 Å². The number of likely N-dealkylation sites (tertiary alicyclic amines) is 1. The van der Waals surface area contributed by atoms with E-state index >= 15 is 0 Å². The van der Waals surface area contributed by atoms with Gasteiger partial charge in [0, 0.05) is 32.6 Å². The highest BCUT2D eigenvalue weighted by Gasteiger charge is 2.26. The average molecular weight is 377 g/mol. The van der Waals surface area contributed by atoms with Crippen molar-refractivity contribution in [1.82, 2.24) is 9.80 Å². The van der Waals surface area contributed by atoms with Gasteiger partial charge in [0.1, 0.15) is 5.82 Å². The van der Waals surface area contributed by atoms with Crippen LogP contribution in [0.2, 0.25) is 0 Å². The summed E-state index contributed by atoms with van der Waals surface area (Å²) in [4.78, 5) is 28.7. The first-order valence-corrected chi connectivity index (χ1v) is 10.2. The minimum absolute atomic E-state index is 0.188. The van der Waals surface area contributed by atoms with Crippen molar-refractivity contribution in [2.24, 2.45) is 11.8 Å². The van der Waals surface area contributed by atoms with E-state index in [1.165, 1.54) is 6.07 Å². The monoisotopic (exact) mass is 376 g/mol. The molecule has 1 aromatic rings. The first-order valence-electron chi connectivity index (χ1n) is 10.2. The molecular weight excluding hydrogens is 343 g/mol. The van der Waals surface area contributed by atoms with Crippen LogP contribution in [0.5, 0.6) is 0 Å². The second kappa shape index (κ2) is 10.5. The lowest BCUT2D eigenvalue weighted by Crippen LogP contribution is -2.45. The van der Waals surface area contributed by atoms with Crippen molar-refractivity contribution in [2.75, 3.05) is 32.7 Å². The van der Waals surface area contributed by atoms with Gasteiger partial charge in [-0.05, 0) is 62.3 Å². The molecule has 0 aliphatic carbocycles. The molecule has 1 fully saturated rings. The fourth-order valence-corrected chi connectivity index (χ4v) is 3.78. The summed E-state index contributed by atoms with van der Waals surface area (Å²) in [5.74, 6) is -0.198. The number of piperidine rings is 1. The predicted octanol–water partition coefficient (Wildman–Crippen LogP) is 3.54. The number of ketones is 1. The molecule has 0 spiro atoms. The maximum absolute atomic E-state index is 13.3. The number of hydrogen-bond donors (Lipinski definition) is 0. The summed E-state index contributed by atoms with van der Waals surface area (Å²) in [6.45, 7) is 9.93. The Morgan fingerprint density at radius 2 is 2.11 bits per heavy atom. The standard InChI is InChI=1S/C22H33FN2O2/c1-4-25(22(27)21(26)13-17(2)3)16-19-8-6-11-24(15-19)12-10-18-7-5-9-20(23)14-18/h5,7,9,14,17,19H,4,6,8,10-13,15-16H2,1-3H3. The molecule has 2 rings (SSSR count). The number of benzene rings is 1. The summed E-state index contributed by atoms with van der Waals surface area (Å²) in [7, 11) is 0. The zero-order valence-corrected chi connectivity index (χ0v) is 16.9. The Labute approximate surface area is 162 Å². The third-order valence-corrected chi connectivity index (χ3v) is 5.19. The first kappa shape index (κ1) is 21.5. The largest absolute Gasteiger partial charge is 0.336 e. The van der Waals surface area contributed by atoms with Crippen LogP contribution in [0.15, 0.2) is 24.3 Å². The molecular formula is C22H33FN2O2. The van der Waals surface area contributed by atoms with E-state index in [1.54, 1.807) is 17.0 Å². The fraction of sp³-hybridized carbons (Fsp3) is 0.636. The number of carbonyl (C=O) groups excluding carboxylic acids is 2. The van der Waals surface area contributed by atoms with Gasteiger partial charge in [0.15, 0.2) is 0 Å². The third kappa shape index (κ3) is 7.06. The Balaban J connectivity index is 1.85. The number of rotatable bonds is 9. The van der Waals surface area contributed by atoms with Crippen molar-refractivity contribution >= 4 is 11.7 Å². The Kier molecular flexibility index (Phi) is 8.42. The molecule has 5 heteroatoms. The van der Waals surface area contributed by atoms with E-state index < -0.39 is 0 Å². The van der Waals surface area contributed by atoms with Crippen LogP contribution in [0, 0.1) is 17.7 Å². The van der Waals surface area contributed by atoms with E-state index in [0.717, 1.165) is 44.5 Å². The number of nitrogens with zero attached hydrogens (tertiary/aromatic N) is 2. The van der Waals surface area contributed by atoms with Crippen LogP contribution in [0.3, 0.4) is 0 Å². The quantitative estimate of drug-likeness (QED) is 0.619. The molecule has 1 aromatic carbocycles. The number of likely N-dealkylation sites (N-methyl/N-ethyl adjacent to an activating group) is 1. The first-order chi connectivity index (χ1) is 12.9. The van der Waals surface area contributed by atoms with Gasteiger partial charge in [0.25, 0.3) is 5.91 Å². The lowest BCUT2D eigenvalue weighted by Gasteiger charge is -2.35. The zero-order chi connectivity index (χ0) is 19.8. The Morgan fingerprint density at radius 1 is 1.33 bits per heavy atom. The number of halogens is 1. The van der Waals surface area contributed by atoms with Crippen LogP contribution in [0.1, 0.15) is 45.6 Å². The highest BCUT2D eigenvalue weighted by Crippen LogP contribution is 2.19. The third-order valence-electron chi connectivity index (χ3n) is 5.19. The van der Waals surface area contributed by atoms with E-state index in [4.69, 9.17) is 0 Å². The van der Waals surface area contributed by atoms with Crippen LogP contribution in [-0.4, -0.2) is 54.2 Å². The van der Waals surface area contributed by atoms with Crippen LogP contribution in [0.4, 0.5) is 4.39 Å². The number of amides is 1. The van der Waals surface area contributed by atoms with E-state index in [-0.39, 0.29) is 23.4 Å². The molecule has 1 amide bonds. The molecule has 0 radical (unpaired) electrons. The zero-order valence-electron chi connectivity index (χ0n) is 16.9. The Morgan fingerprint density at radius 3 is 2.78 bits per heavy atom.